The van der Waals surface area contributed by atoms with Gasteiger partial charge < -0.3 is 10.5 Å². The number of hydrogen-bond donors (Lipinski definition) is 1. The van der Waals surface area contributed by atoms with Gasteiger partial charge in [-0.1, -0.05) is 0 Å². The molecule has 2 N–H and O–H groups in total. The quantitative estimate of drug-likeness (QED) is 0.849. The average Bonchev–Trinajstić information content (AvgIpc) is 2.46. The van der Waals surface area contributed by atoms with E-state index in [4.69, 9.17) is 10.5 Å². The molecule has 1 fully saturated rings. The van der Waals surface area contributed by atoms with E-state index in [-0.39, 0.29) is 12.6 Å². The fourth-order valence-electron chi connectivity index (χ4n) is 2.82. The van der Waals surface area contributed by atoms with E-state index in [0.29, 0.717) is 18.1 Å². The van der Waals surface area contributed by atoms with Crippen molar-refractivity contribution >= 4 is 0 Å². The Labute approximate surface area is 122 Å². The molecule has 6 heteroatoms. The van der Waals surface area contributed by atoms with E-state index in [1.807, 2.05) is 11.9 Å². The summed E-state index contributed by atoms with van der Waals surface area (Å²) in [5, 5.41) is 0. The molecule has 0 aliphatic carbocycles. The summed E-state index contributed by atoms with van der Waals surface area (Å²) in [6.45, 7) is 2.40. The highest BCUT2D eigenvalue weighted by atomic mass is 19.2. The number of hydrogen-bond acceptors (Lipinski definition) is 3. The predicted molar refractivity (Wildman–Crippen MR) is 74.3 cm³/mol. The lowest BCUT2D eigenvalue weighted by atomic mass is 9.99. The monoisotopic (exact) mass is 302 g/mol. The van der Waals surface area contributed by atoms with Crippen LogP contribution in [0.1, 0.15) is 24.4 Å². The fourth-order valence-corrected chi connectivity index (χ4v) is 2.82. The first-order valence-electron chi connectivity index (χ1n) is 7.15. The molecule has 1 heterocycles. The third-order valence-electron chi connectivity index (χ3n) is 3.95. The highest BCUT2D eigenvalue weighted by molar-refractivity contribution is 5.23. The number of ether oxygens (including phenoxy) is 1. The predicted octanol–water partition coefficient (Wildman–Crippen LogP) is 2.46. The average molecular weight is 302 g/mol. The fraction of sp³-hybridized carbons (Fsp3) is 0.600. The molecule has 1 aromatic rings. The third-order valence-corrected chi connectivity index (χ3v) is 3.95. The molecule has 1 aliphatic rings. The van der Waals surface area contributed by atoms with Crippen LogP contribution in [0.4, 0.5) is 13.2 Å². The molecule has 0 radical (unpaired) electrons. The Balaban J connectivity index is 2.10. The van der Waals surface area contributed by atoms with Crippen molar-refractivity contribution < 1.29 is 17.9 Å². The van der Waals surface area contributed by atoms with Gasteiger partial charge in [0.25, 0.3) is 0 Å². The maximum atomic E-state index is 13.4. The smallest absolute Gasteiger partial charge is 0.194 e. The van der Waals surface area contributed by atoms with Gasteiger partial charge >= 0.3 is 0 Å². The van der Waals surface area contributed by atoms with Gasteiger partial charge in [0.2, 0.25) is 0 Å². The molecule has 0 amide bonds. The molecule has 0 saturated carbocycles. The van der Waals surface area contributed by atoms with Crippen LogP contribution >= 0.6 is 0 Å². The maximum absolute atomic E-state index is 13.4. The molecule has 0 bridgehead atoms. The molecule has 2 atom stereocenters. The number of likely N-dealkylation sites (N-methyl/N-ethyl adjacent to an activating group) is 1. The molecule has 2 unspecified atom stereocenters. The Hall–Kier alpha value is -1.11. The van der Waals surface area contributed by atoms with Gasteiger partial charge in [-0.05, 0) is 43.5 Å². The van der Waals surface area contributed by atoms with E-state index >= 15 is 0 Å². The van der Waals surface area contributed by atoms with Crippen LogP contribution in [0, 0.1) is 23.4 Å². The molecule has 2 rings (SSSR count). The Morgan fingerprint density at radius 3 is 2.52 bits per heavy atom. The number of rotatable bonds is 5. The van der Waals surface area contributed by atoms with Gasteiger partial charge in [-0.25, -0.2) is 13.2 Å². The second-order valence-electron chi connectivity index (χ2n) is 5.57. The molecule has 1 aliphatic heterocycles. The van der Waals surface area contributed by atoms with Crippen molar-refractivity contribution in [3.63, 3.8) is 0 Å². The number of benzene rings is 1. The van der Waals surface area contributed by atoms with Gasteiger partial charge in [-0.2, -0.15) is 0 Å². The van der Waals surface area contributed by atoms with Gasteiger partial charge in [0.05, 0.1) is 6.61 Å². The van der Waals surface area contributed by atoms with Crippen molar-refractivity contribution in [3.05, 3.63) is 35.1 Å². The molecule has 1 saturated heterocycles. The van der Waals surface area contributed by atoms with Crippen molar-refractivity contribution in [1.82, 2.24) is 4.90 Å². The lowest BCUT2D eigenvalue weighted by molar-refractivity contribution is 0.0365. The topological polar surface area (TPSA) is 38.5 Å². The van der Waals surface area contributed by atoms with Crippen LogP contribution in [-0.4, -0.2) is 38.3 Å². The molecule has 1 aromatic carbocycles. The van der Waals surface area contributed by atoms with E-state index in [2.05, 4.69) is 0 Å². The minimum absolute atomic E-state index is 0.203. The summed E-state index contributed by atoms with van der Waals surface area (Å²) in [7, 11) is 1.85. The number of halogens is 3. The van der Waals surface area contributed by atoms with Crippen LogP contribution in [0.2, 0.25) is 0 Å². The van der Waals surface area contributed by atoms with E-state index in [9.17, 15) is 13.2 Å². The van der Waals surface area contributed by atoms with E-state index in [1.165, 1.54) is 0 Å². The first kappa shape index (κ1) is 16.3. The van der Waals surface area contributed by atoms with Gasteiger partial charge in [0.15, 0.2) is 17.5 Å². The summed E-state index contributed by atoms with van der Waals surface area (Å²) >= 11 is 0. The molecule has 0 aromatic heterocycles. The lowest BCUT2D eigenvalue weighted by Gasteiger charge is -2.32. The zero-order valence-electron chi connectivity index (χ0n) is 12.1. The van der Waals surface area contributed by atoms with E-state index < -0.39 is 17.5 Å². The van der Waals surface area contributed by atoms with Crippen molar-refractivity contribution in [2.45, 2.75) is 18.9 Å². The highest BCUT2D eigenvalue weighted by Crippen LogP contribution is 2.25. The maximum Gasteiger partial charge on any atom is 0.194 e. The van der Waals surface area contributed by atoms with Crippen LogP contribution in [0.25, 0.3) is 0 Å². The molecule has 21 heavy (non-hydrogen) atoms. The third kappa shape index (κ3) is 3.96. The molecule has 3 nitrogen and oxygen atoms in total. The second kappa shape index (κ2) is 7.24. The van der Waals surface area contributed by atoms with Gasteiger partial charge in [-0.15, -0.1) is 0 Å². The van der Waals surface area contributed by atoms with Crippen LogP contribution < -0.4 is 5.73 Å². The van der Waals surface area contributed by atoms with Gasteiger partial charge in [0, 0.05) is 25.7 Å². The highest BCUT2D eigenvalue weighted by Gasteiger charge is 2.23. The van der Waals surface area contributed by atoms with Crippen molar-refractivity contribution in [3.8, 4) is 0 Å². The van der Waals surface area contributed by atoms with E-state index in [0.717, 1.165) is 38.1 Å². The molecular weight excluding hydrogens is 281 g/mol. The minimum Gasteiger partial charge on any atom is -0.381 e. The normalized spacial score (nSPS) is 20.8. The van der Waals surface area contributed by atoms with Gasteiger partial charge in [0.1, 0.15) is 0 Å². The standard InChI is InChI=1S/C15H21F3N2O/c1-20(8-10-3-2-4-21-9-10)14(7-19)11-5-12(16)15(18)13(17)6-11/h5-6,10,14H,2-4,7-9,19H2,1H3. The summed E-state index contributed by atoms with van der Waals surface area (Å²) in [6, 6.07) is 1.68. The molecule has 0 spiro atoms. The Kier molecular flexibility index (Phi) is 5.61. The first-order valence-corrected chi connectivity index (χ1v) is 7.15. The summed E-state index contributed by atoms with van der Waals surface area (Å²) in [4.78, 5) is 1.95. The summed E-state index contributed by atoms with van der Waals surface area (Å²) in [5.41, 5.74) is 6.09. The Morgan fingerprint density at radius 2 is 2.00 bits per heavy atom. The zero-order chi connectivity index (χ0) is 15.4. The second-order valence-corrected chi connectivity index (χ2v) is 5.57. The van der Waals surface area contributed by atoms with Crippen molar-refractivity contribution in [2.24, 2.45) is 11.7 Å². The Bertz CT molecular complexity index is 455. The first-order chi connectivity index (χ1) is 10.0. The van der Waals surface area contributed by atoms with E-state index in [1.54, 1.807) is 0 Å². The van der Waals surface area contributed by atoms with Crippen LogP contribution in [0.15, 0.2) is 12.1 Å². The van der Waals surface area contributed by atoms with Crippen molar-refractivity contribution in [2.75, 3.05) is 33.4 Å². The zero-order valence-corrected chi connectivity index (χ0v) is 12.1. The summed E-state index contributed by atoms with van der Waals surface area (Å²) < 4.78 is 45.2. The van der Waals surface area contributed by atoms with Crippen LogP contribution in [-0.2, 0) is 4.74 Å². The summed E-state index contributed by atoms with van der Waals surface area (Å²) in [5.74, 6) is -3.43. The number of nitrogens with zero attached hydrogens (tertiary/aromatic N) is 1. The van der Waals surface area contributed by atoms with Crippen LogP contribution in [0.3, 0.4) is 0 Å². The van der Waals surface area contributed by atoms with Crippen LogP contribution in [0.5, 0.6) is 0 Å². The largest absolute Gasteiger partial charge is 0.381 e. The van der Waals surface area contributed by atoms with Gasteiger partial charge in [-0.3, -0.25) is 4.90 Å². The SMILES string of the molecule is CN(CC1CCCOC1)C(CN)c1cc(F)c(F)c(F)c1. The summed E-state index contributed by atoms with van der Waals surface area (Å²) in [6.07, 6.45) is 2.08. The minimum atomic E-state index is -1.45. The Morgan fingerprint density at radius 1 is 1.33 bits per heavy atom. The number of nitrogens with two attached hydrogens (primary N) is 1. The molecular formula is C15H21F3N2O. The lowest BCUT2D eigenvalue weighted by Crippen LogP contribution is -2.36. The molecule has 118 valence electrons. The van der Waals surface area contributed by atoms with Crippen molar-refractivity contribution in [1.29, 1.82) is 0 Å².